The summed E-state index contributed by atoms with van der Waals surface area (Å²) >= 11 is 1.59. The molecule has 4 nitrogen and oxygen atoms in total. The second-order valence-corrected chi connectivity index (χ2v) is 4.68. The molecule has 1 fully saturated rings. The van der Waals surface area contributed by atoms with Crippen molar-refractivity contribution in [3.8, 4) is 0 Å². The fraction of sp³-hybridized carbons (Fsp3) is 0.889. The van der Waals surface area contributed by atoms with Gasteiger partial charge < -0.3 is 15.5 Å². The van der Waals surface area contributed by atoms with Gasteiger partial charge in [-0.3, -0.25) is 4.79 Å². The van der Waals surface area contributed by atoms with Crippen LogP contribution < -0.4 is 5.32 Å². The summed E-state index contributed by atoms with van der Waals surface area (Å²) in [7, 11) is 0. The lowest BCUT2D eigenvalue weighted by Gasteiger charge is -2.13. The van der Waals surface area contributed by atoms with Crippen LogP contribution in [0.25, 0.3) is 0 Å². The third-order valence-corrected chi connectivity index (χ3v) is 3.09. The topological polar surface area (TPSA) is 69.6 Å². The molecule has 0 aromatic rings. The smallest absolute Gasteiger partial charge is 0.320 e. The van der Waals surface area contributed by atoms with Gasteiger partial charge in [0.15, 0.2) is 0 Å². The molecule has 0 bridgehead atoms. The van der Waals surface area contributed by atoms with Crippen molar-refractivity contribution in [3.63, 3.8) is 0 Å². The van der Waals surface area contributed by atoms with E-state index in [2.05, 4.69) is 5.32 Å². The first-order chi connectivity index (χ1) is 6.74. The first-order valence-electron chi connectivity index (χ1n) is 4.91. The second-order valence-electron chi connectivity index (χ2n) is 3.46. The van der Waals surface area contributed by atoms with E-state index in [1.54, 1.807) is 11.8 Å². The molecule has 1 rings (SSSR count). The molecular formula is C9H17NO3S. The Morgan fingerprint density at radius 3 is 2.71 bits per heavy atom. The number of carboxylic acid groups (broad SMARTS) is 1. The molecule has 1 saturated carbocycles. The summed E-state index contributed by atoms with van der Waals surface area (Å²) < 4.78 is 0. The van der Waals surface area contributed by atoms with Crippen LogP contribution in [0.3, 0.4) is 0 Å². The van der Waals surface area contributed by atoms with Gasteiger partial charge >= 0.3 is 5.97 Å². The lowest BCUT2D eigenvalue weighted by Crippen LogP contribution is -2.38. The summed E-state index contributed by atoms with van der Waals surface area (Å²) in [6, 6.07) is 0.0210. The lowest BCUT2D eigenvalue weighted by molar-refractivity contribution is -0.139. The highest BCUT2D eigenvalue weighted by molar-refractivity contribution is 7.99. The van der Waals surface area contributed by atoms with Crippen LogP contribution in [-0.4, -0.2) is 46.4 Å². The Morgan fingerprint density at radius 2 is 2.21 bits per heavy atom. The van der Waals surface area contributed by atoms with Crippen molar-refractivity contribution in [2.75, 3.05) is 18.1 Å². The van der Waals surface area contributed by atoms with Gasteiger partial charge in [-0.25, -0.2) is 0 Å². The van der Waals surface area contributed by atoms with Crippen LogP contribution >= 0.6 is 11.8 Å². The molecule has 0 saturated heterocycles. The second kappa shape index (κ2) is 6.27. The van der Waals surface area contributed by atoms with Crippen molar-refractivity contribution in [1.82, 2.24) is 5.32 Å². The van der Waals surface area contributed by atoms with Crippen LogP contribution in [0.4, 0.5) is 0 Å². The molecule has 82 valence electrons. The minimum absolute atomic E-state index is 0.165. The number of hydrogen-bond donors (Lipinski definition) is 3. The minimum atomic E-state index is -0.763. The van der Waals surface area contributed by atoms with E-state index >= 15 is 0 Å². The molecule has 1 aliphatic carbocycles. The summed E-state index contributed by atoms with van der Waals surface area (Å²) in [6.45, 7) is 0.165. The molecule has 0 aromatic heterocycles. The van der Waals surface area contributed by atoms with Crippen molar-refractivity contribution >= 4 is 17.7 Å². The lowest BCUT2D eigenvalue weighted by atomic mass is 10.2. The number of thioether (sulfide) groups is 1. The molecule has 0 aliphatic heterocycles. The summed E-state index contributed by atoms with van der Waals surface area (Å²) in [4.78, 5) is 10.8. The predicted octanol–water partition coefficient (Wildman–Crippen LogP) is 0.307. The zero-order chi connectivity index (χ0) is 10.4. The minimum Gasteiger partial charge on any atom is -0.480 e. The zero-order valence-electron chi connectivity index (χ0n) is 8.11. The Balaban J connectivity index is 2.10. The molecule has 1 unspecified atom stereocenters. The fourth-order valence-electron chi connectivity index (χ4n) is 1.18. The Hall–Kier alpha value is -0.260. The van der Waals surface area contributed by atoms with E-state index in [-0.39, 0.29) is 6.61 Å². The first kappa shape index (κ1) is 11.8. The molecule has 0 radical (unpaired) electrons. The monoisotopic (exact) mass is 219 g/mol. The molecule has 0 spiro atoms. The maximum Gasteiger partial charge on any atom is 0.320 e. The van der Waals surface area contributed by atoms with E-state index in [9.17, 15) is 4.79 Å². The first-order valence-corrected chi connectivity index (χ1v) is 6.07. The quantitative estimate of drug-likeness (QED) is 0.512. The van der Waals surface area contributed by atoms with E-state index < -0.39 is 12.0 Å². The Kier molecular flexibility index (Phi) is 5.29. The Labute approximate surface area is 88.1 Å². The largest absolute Gasteiger partial charge is 0.480 e. The van der Waals surface area contributed by atoms with Crippen molar-refractivity contribution in [1.29, 1.82) is 0 Å². The number of aliphatic carboxylic acids is 1. The number of carbonyl (C=O) groups is 1. The van der Waals surface area contributed by atoms with E-state index in [0.717, 1.165) is 18.6 Å². The van der Waals surface area contributed by atoms with Gasteiger partial charge in [-0.2, -0.15) is 11.8 Å². The maximum absolute atomic E-state index is 10.8. The highest BCUT2D eigenvalue weighted by Gasteiger charge is 2.27. The Bertz CT molecular complexity index is 185. The maximum atomic E-state index is 10.8. The van der Waals surface area contributed by atoms with Crippen LogP contribution in [0, 0.1) is 0 Å². The molecule has 14 heavy (non-hydrogen) atoms. The molecule has 3 N–H and O–H groups in total. The van der Waals surface area contributed by atoms with Crippen LogP contribution in [0.5, 0.6) is 0 Å². The highest BCUT2D eigenvalue weighted by atomic mass is 32.2. The summed E-state index contributed by atoms with van der Waals surface area (Å²) in [6.07, 6.45) is 2.84. The van der Waals surface area contributed by atoms with Gasteiger partial charge in [0.2, 0.25) is 0 Å². The number of aliphatic hydroxyl groups is 1. The highest BCUT2D eigenvalue weighted by Crippen LogP contribution is 2.20. The molecule has 0 amide bonds. The van der Waals surface area contributed by atoms with Crippen molar-refractivity contribution < 1.29 is 15.0 Å². The van der Waals surface area contributed by atoms with Crippen LogP contribution in [0.2, 0.25) is 0 Å². The number of hydrogen-bond acceptors (Lipinski definition) is 4. The van der Waals surface area contributed by atoms with Crippen molar-refractivity contribution in [2.45, 2.75) is 31.3 Å². The van der Waals surface area contributed by atoms with Gasteiger partial charge in [0, 0.05) is 11.8 Å². The van der Waals surface area contributed by atoms with E-state index in [1.165, 1.54) is 0 Å². The van der Waals surface area contributed by atoms with E-state index in [0.29, 0.717) is 18.2 Å². The van der Waals surface area contributed by atoms with Gasteiger partial charge in [-0.1, -0.05) is 0 Å². The van der Waals surface area contributed by atoms with Crippen molar-refractivity contribution in [2.24, 2.45) is 0 Å². The number of aliphatic hydroxyl groups excluding tert-OH is 1. The van der Waals surface area contributed by atoms with E-state index in [4.69, 9.17) is 10.2 Å². The SMILES string of the molecule is O=C(O)C(CCSCCO)NC1CC1. The fourth-order valence-corrected chi connectivity index (χ4v) is 1.92. The van der Waals surface area contributed by atoms with Crippen LogP contribution in [0.15, 0.2) is 0 Å². The third-order valence-electron chi connectivity index (χ3n) is 2.10. The van der Waals surface area contributed by atoms with Gasteiger partial charge in [0.1, 0.15) is 6.04 Å². The van der Waals surface area contributed by atoms with Gasteiger partial charge in [-0.15, -0.1) is 0 Å². The van der Waals surface area contributed by atoms with Crippen LogP contribution in [-0.2, 0) is 4.79 Å². The number of carboxylic acids is 1. The summed E-state index contributed by atoms with van der Waals surface area (Å²) in [5.74, 6) is 0.717. The average molecular weight is 219 g/mol. The Morgan fingerprint density at radius 1 is 1.50 bits per heavy atom. The molecule has 5 heteroatoms. The van der Waals surface area contributed by atoms with Crippen molar-refractivity contribution in [3.05, 3.63) is 0 Å². The summed E-state index contributed by atoms with van der Waals surface area (Å²) in [5.41, 5.74) is 0. The zero-order valence-corrected chi connectivity index (χ0v) is 8.92. The molecule has 1 atom stereocenters. The molecule has 0 heterocycles. The van der Waals surface area contributed by atoms with Gasteiger partial charge in [-0.05, 0) is 25.0 Å². The van der Waals surface area contributed by atoms with Crippen LogP contribution in [0.1, 0.15) is 19.3 Å². The molecule has 1 aliphatic rings. The summed E-state index contributed by atoms with van der Waals surface area (Å²) in [5, 5.41) is 20.5. The van der Waals surface area contributed by atoms with Gasteiger partial charge in [0.25, 0.3) is 0 Å². The molecular weight excluding hydrogens is 202 g/mol. The predicted molar refractivity (Wildman–Crippen MR) is 56.6 cm³/mol. The molecule has 0 aromatic carbocycles. The standard InChI is InChI=1S/C9H17NO3S/c11-4-6-14-5-3-8(9(12)13)10-7-1-2-7/h7-8,10-11H,1-6H2,(H,12,13). The van der Waals surface area contributed by atoms with E-state index in [1.807, 2.05) is 0 Å². The number of nitrogens with one attached hydrogen (secondary N) is 1. The number of rotatable bonds is 8. The average Bonchev–Trinajstić information content (AvgIpc) is 2.93. The van der Waals surface area contributed by atoms with Gasteiger partial charge in [0.05, 0.1) is 6.61 Å². The third kappa shape index (κ3) is 4.83. The normalized spacial score (nSPS) is 18.1.